The topological polar surface area (TPSA) is 21.3 Å². The molecule has 112 valence electrons. The molecular weight excluding hydrogens is 277 g/mol. The summed E-state index contributed by atoms with van der Waals surface area (Å²) in [5.74, 6) is -0.236. The summed E-state index contributed by atoms with van der Waals surface area (Å²) in [5, 5.41) is 3.94. The summed E-state index contributed by atoms with van der Waals surface area (Å²) in [4.78, 5) is 0. The molecule has 2 nitrogen and oxygen atoms in total. The predicted octanol–water partition coefficient (Wildman–Crippen LogP) is 3.96. The highest BCUT2D eigenvalue weighted by atomic mass is 35.5. The average molecular weight is 300 g/mol. The maximum atomic E-state index is 14.0. The van der Waals surface area contributed by atoms with E-state index in [1.165, 1.54) is 6.07 Å². The van der Waals surface area contributed by atoms with Crippen molar-refractivity contribution in [2.24, 2.45) is 0 Å². The van der Waals surface area contributed by atoms with E-state index in [1.807, 2.05) is 0 Å². The van der Waals surface area contributed by atoms with Crippen LogP contribution in [0.4, 0.5) is 4.39 Å². The molecule has 2 atom stereocenters. The summed E-state index contributed by atoms with van der Waals surface area (Å²) < 4.78 is 20.0. The Hall–Kier alpha value is -0.640. The van der Waals surface area contributed by atoms with Gasteiger partial charge >= 0.3 is 0 Å². The van der Waals surface area contributed by atoms with Crippen molar-refractivity contribution >= 4 is 11.6 Å². The Labute approximate surface area is 125 Å². The first-order valence-corrected chi connectivity index (χ1v) is 7.75. The van der Waals surface area contributed by atoms with E-state index >= 15 is 0 Å². The minimum absolute atomic E-state index is 0.0715. The molecule has 20 heavy (non-hydrogen) atoms. The van der Waals surface area contributed by atoms with E-state index in [0.29, 0.717) is 17.0 Å². The van der Waals surface area contributed by atoms with Crippen LogP contribution in [0.2, 0.25) is 5.02 Å². The molecule has 0 bridgehead atoms. The van der Waals surface area contributed by atoms with Crippen molar-refractivity contribution in [3.8, 4) is 0 Å². The van der Waals surface area contributed by atoms with Crippen molar-refractivity contribution in [2.45, 2.75) is 51.2 Å². The van der Waals surface area contributed by atoms with E-state index < -0.39 is 0 Å². The number of ether oxygens (including phenoxy) is 1. The number of hydrogen-bond donors (Lipinski definition) is 1. The van der Waals surface area contributed by atoms with Gasteiger partial charge in [-0.15, -0.1) is 0 Å². The van der Waals surface area contributed by atoms with Gasteiger partial charge in [-0.2, -0.15) is 0 Å². The minimum atomic E-state index is -0.250. The molecule has 1 aliphatic heterocycles. The van der Waals surface area contributed by atoms with Crippen LogP contribution in [0.5, 0.6) is 0 Å². The lowest BCUT2D eigenvalue weighted by Crippen LogP contribution is -2.53. The molecule has 0 radical (unpaired) electrons. The third kappa shape index (κ3) is 3.51. The van der Waals surface area contributed by atoms with Gasteiger partial charge in [0.05, 0.1) is 5.60 Å². The van der Waals surface area contributed by atoms with E-state index in [1.54, 1.807) is 12.1 Å². The first-order valence-electron chi connectivity index (χ1n) is 7.37. The van der Waals surface area contributed by atoms with Crippen LogP contribution in [0, 0.1) is 5.82 Å². The number of likely N-dealkylation sites (N-methyl/N-ethyl adjacent to an activating group) is 1. The van der Waals surface area contributed by atoms with Crippen LogP contribution < -0.4 is 5.32 Å². The van der Waals surface area contributed by atoms with Crippen molar-refractivity contribution in [1.82, 2.24) is 5.32 Å². The monoisotopic (exact) mass is 299 g/mol. The largest absolute Gasteiger partial charge is 0.374 e. The van der Waals surface area contributed by atoms with Crippen LogP contribution in [0.3, 0.4) is 0 Å². The Morgan fingerprint density at radius 2 is 2.25 bits per heavy atom. The third-order valence-electron chi connectivity index (χ3n) is 4.16. The first kappa shape index (κ1) is 15.7. The lowest BCUT2D eigenvalue weighted by molar-refractivity contribution is -0.0882. The number of nitrogens with one attached hydrogen (secondary N) is 1. The molecule has 0 spiro atoms. The van der Waals surface area contributed by atoms with Gasteiger partial charge in [0.2, 0.25) is 0 Å². The van der Waals surface area contributed by atoms with Crippen molar-refractivity contribution < 1.29 is 9.13 Å². The second-order valence-electron chi connectivity index (χ2n) is 5.63. The molecule has 0 amide bonds. The minimum Gasteiger partial charge on any atom is -0.374 e. The van der Waals surface area contributed by atoms with Gasteiger partial charge in [-0.1, -0.05) is 24.6 Å². The van der Waals surface area contributed by atoms with Gasteiger partial charge < -0.3 is 10.1 Å². The van der Waals surface area contributed by atoms with Crippen LogP contribution in [0.1, 0.15) is 38.7 Å². The average Bonchev–Trinajstić information content (AvgIpc) is 2.42. The molecule has 1 aliphatic rings. The second kappa shape index (κ2) is 6.88. The quantitative estimate of drug-likeness (QED) is 0.888. The molecule has 2 unspecified atom stereocenters. The molecule has 1 aromatic rings. The molecular formula is C16H23ClFNO. The van der Waals surface area contributed by atoms with E-state index in [9.17, 15) is 4.39 Å². The number of rotatable bonds is 5. The molecule has 2 rings (SSSR count). The standard InChI is InChI=1S/C16H23ClFNO/c1-3-19-15(16(2)9-4-5-10-20-16)11-12-13(17)7-6-8-14(12)18/h6-8,15,19H,3-5,9-11H2,1-2H3. The fourth-order valence-corrected chi connectivity index (χ4v) is 3.15. The third-order valence-corrected chi connectivity index (χ3v) is 4.51. The Kier molecular flexibility index (Phi) is 5.42. The Morgan fingerprint density at radius 3 is 2.85 bits per heavy atom. The molecule has 4 heteroatoms. The zero-order chi connectivity index (χ0) is 14.6. The molecule has 0 aliphatic carbocycles. The van der Waals surface area contributed by atoms with Crippen molar-refractivity contribution in [1.29, 1.82) is 0 Å². The van der Waals surface area contributed by atoms with Gasteiger partial charge in [-0.05, 0) is 51.3 Å². The molecule has 1 N–H and O–H groups in total. The Balaban J connectivity index is 2.20. The predicted molar refractivity (Wildman–Crippen MR) is 80.8 cm³/mol. The first-order chi connectivity index (χ1) is 9.57. The molecule has 1 fully saturated rings. The zero-order valence-electron chi connectivity index (χ0n) is 12.2. The second-order valence-corrected chi connectivity index (χ2v) is 6.04. The number of benzene rings is 1. The molecule has 0 aromatic heterocycles. The summed E-state index contributed by atoms with van der Waals surface area (Å²) in [7, 11) is 0. The van der Waals surface area contributed by atoms with E-state index in [-0.39, 0.29) is 17.5 Å². The van der Waals surface area contributed by atoms with Crippen molar-refractivity contribution in [3.63, 3.8) is 0 Å². The van der Waals surface area contributed by atoms with Crippen LogP contribution >= 0.6 is 11.6 Å². The summed E-state index contributed by atoms with van der Waals surface area (Å²) in [5.41, 5.74) is 0.329. The van der Waals surface area contributed by atoms with Gasteiger partial charge in [0, 0.05) is 23.2 Å². The SMILES string of the molecule is CCNC(Cc1c(F)cccc1Cl)C1(C)CCCCO1. The highest BCUT2D eigenvalue weighted by molar-refractivity contribution is 6.31. The lowest BCUT2D eigenvalue weighted by atomic mass is 9.84. The van der Waals surface area contributed by atoms with Gasteiger partial charge in [-0.3, -0.25) is 0 Å². The van der Waals surface area contributed by atoms with E-state index in [2.05, 4.69) is 19.2 Å². The van der Waals surface area contributed by atoms with E-state index in [4.69, 9.17) is 16.3 Å². The molecule has 1 aromatic carbocycles. The van der Waals surface area contributed by atoms with Gasteiger partial charge in [0.1, 0.15) is 5.82 Å². The van der Waals surface area contributed by atoms with Crippen molar-refractivity contribution in [3.05, 3.63) is 34.6 Å². The van der Waals surface area contributed by atoms with Crippen LogP contribution in [0.15, 0.2) is 18.2 Å². The smallest absolute Gasteiger partial charge is 0.127 e. The fraction of sp³-hybridized carbons (Fsp3) is 0.625. The maximum absolute atomic E-state index is 14.0. The van der Waals surface area contributed by atoms with Crippen LogP contribution in [0.25, 0.3) is 0 Å². The molecule has 1 saturated heterocycles. The van der Waals surface area contributed by atoms with Crippen molar-refractivity contribution in [2.75, 3.05) is 13.2 Å². The van der Waals surface area contributed by atoms with Gasteiger partial charge in [-0.25, -0.2) is 4.39 Å². The zero-order valence-corrected chi connectivity index (χ0v) is 13.0. The summed E-state index contributed by atoms with van der Waals surface area (Å²) in [6, 6.07) is 4.92. The summed E-state index contributed by atoms with van der Waals surface area (Å²) >= 11 is 6.15. The summed E-state index contributed by atoms with van der Waals surface area (Å²) in [6.07, 6.45) is 3.81. The van der Waals surface area contributed by atoms with Crippen LogP contribution in [-0.4, -0.2) is 24.8 Å². The van der Waals surface area contributed by atoms with Crippen LogP contribution in [-0.2, 0) is 11.2 Å². The fourth-order valence-electron chi connectivity index (χ4n) is 2.91. The number of halogens is 2. The Bertz CT molecular complexity index is 426. The maximum Gasteiger partial charge on any atom is 0.127 e. The molecule has 1 heterocycles. The van der Waals surface area contributed by atoms with Gasteiger partial charge in [0.25, 0.3) is 0 Å². The van der Waals surface area contributed by atoms with E-state index in [0.717, 1.165) is 32.4 Å². The lowest BCUT2D eigenvalue weighted by Gasteiger charge is -2.41. The highest BCUT2D eigenvalue weighted by Crippen LogP contribution is 2.31. The van der Waals surface area contributed by atoms with Gasteiger partial charge in [0.15, 0.2) is 0 Å². The summed E-state index contributed by atoms with van der Waals surface area (Å²) in [6.45, 7) is 5.79. The number of hydrogen-bond acceptors (Lipinski definition) is 2. The normalized spacial score (nSPS) is 24.6. The molecule has 0 saturated carbocycles. The Morgan fingerprint density at radius 1 is 1.45 bits per heavy atom. The highest BCUT2D eigenvalue weighted by Gasteiger charge is 2.37.